The van der Waals surface area contributed by atoms with Crippen LogP contribution in [-0.4, -0.2) is 35.2 Å². The lowest BCUT2D eigenvalue weighted by atomic mass is 10.0. The van der Waals surface area contributed by atoms with Crippen molar-refractivity contribution in [1.82, 2.24) is 9.72 Å². The van der Waals surface area contributed by atoms with E-state index in [1.807, 2.05) is 48.5 Å². The van der Waals surface area contributed by atoms with E-state index in [0.29, 0.717) is 16.8 Å². The number of pyridine rings is 1. The van der Waals surface area contributed by atoms with Crippen LogP contribution < -0.4 is 5.32 Å². The summed E-state index contributed by atoms with van der Waals surface area (Å²) in [5.41, 5.74) is 3.06. The molecule has 2 heterocycles. The summed E-state index contributed by atoms with van der Waals surface area (Å²) in [6, 6.07) is 25.5. The summed E-state index contributed by atoms with van der Waals surface area (Å²) < 4.78 is 6.85. The molecule has 0 fully saturated rings. The molecule has 0 radical (unpaired) electrons. The highest BCUT2D eigenvalue weighted by Gasteiger charge is 2.24. The number of nitrogens with one attached hydrogen (secondary N) is 1. The van der Waals surface area contributed by atoms with Crippen molar-refractivity contribution >= 4 is 23.2 Å². The molecule has 31 heavy (non-hydrogen) atoms. The summed E-state index contributed by atoms with van der Waals surface area (Å²) in [6.45, 7) is 0.000315. The predicted octanol–water partition coefficient (Wildman–Crippen LogP) is 3.76. The number of carbonyl (C=O) groups is 3. The van der Waals surface area contributed by atoms with E-state index in [9.17, 15) is 14.4 Å². The van der Waals surface area contributed by atoms with Crippen molar-refractivity contribution in [3.8, 4) is 11.1 Å². The predicted molar refractivity (Wildman–Crippen MR) is 117 cm³/mol. The zero-order chi connectivity index (χ0) is 21.6. The van der Waals surface area contributed by atoms with Gasteiger partial charge in [0.15, 0.2) is 0 Å². The number of aromatic nitrogens is 1. The summed E-state index contributed by atoms with van der Waals surface area (Å²) >= 11 is 0. The molecule has 2 aromatic heterocycles. The molecule has 0 bridgehead atoms. The number of fused-ring (bicyclic) bond motifs is 1. The standard InChI is InChI=1S/C25H20N2O4/c28-23(24(29)26-14-16-31-25(30)19-11-5-2-6-12-19)22-21(18-9-3-1-4-10-18)17-20-13-7-8-15-27(20)22/h1-13,15,17H,14,16H2,(H,26,29). The van der Waals surface area contributed by atoms with Crippen LogP contribution in [0.3, 0.4) is 0 Å². The third-order valence-corrected chi connectivity index (χ3v) is 4.82. The van der Waals surface area contributed by atoms with Gasteiger partial charge in [0.05, 0.1) is 12.1 Å². The van der Waals surface area contributed by atoms with Gasteiger partial charge in [-0.3, -0.25) is 9.59 Å². The van der Waals surface area contributed by atoms with Gasteiger partial charge in [0, 0.05) is 17.3 Å². The van der Waals surface area contributed by atoms with Gasteiger partial charge in [-0.05, 0) is 35.9 Å². The van der Waals surface area contributed by atoms with Crippen LogP contribution in [0.15, 0.2) is 91.1 Å². The van der Waals surface area contributed by atoms with Crippen molar-refractivity contribution in [2.45, 2.75) is 0 Å². The molecule has 0 aliphatic heterocycles. The Morgan fingerprint density at radius 1 is 0.839 bits per heavy atom. The molecule has 154 valence electrons. The van der Waals surface area contributed by atoms with Crippen LogP contribution in [0, 0.1) is 0 Å². The van der Waals surface area contributed by atoms with Gasteiger partial charge in [-0.2, -0.15) is 0 Å². The molecular formula is C25H20N2O4. The van der Waals surface area contributed by atoms with E-state index in [4.69, 9.17) is 4.74 Å². The van der Waals surface area contributed by atoms with Crippen molar-refractivity contribution in [1.29, 1.82) is 0 Å². The van der Waals surface area contributed by atoms with E-state index in [1.165, 1.54) is 0 Å². The van der Waals surface area contributed by atoms with Gasteiger partial charge in [0.2, 0.25) is 0 Å². The van der Waals surface area contributed by atoms with Crippen molar-refractivity contribution in [3.63, 3.8) is 0 Å². The Bertz CT molecular complexity index is 1230. The molecular weight excluding hydrogens is 392 g/mol. The maximum absolute atomic E-state index is 13.0. The summed E-state index contributed by atoms with van der Waals surface area (Å²) in [6.07, 6.45) is 1.75. The normalized spacial score (nSPS) is 10.6. The van der Waals surface area contributed by atoms with E-state index in [0.717, 1.165) is 11.1 Å². The molecule has 0 aliphatic carbocycles. The topological polar surface area (TPSA) is 76.9 Å². The number of hydrogen-bond donors (Lipinski definition) is 1. The molecule has 4 rings (SSSR count). The van der Waals surface area contributed by atoms with Gasteiger partial charge in [0.25, 0.3) is 11.7 Å². The molecule has 1 amide bonds. The highest BCUT2D eigenvalue weighted by atomic mass is 16.5. The second-order valence-corrected chi connectivity index (χ2v) is 6.86. The van der Waals surface area contributed by atoms with E-state index in [2.05, 4.69) is 5.32 Å². The highest BCUT2D eigenvalue weighted by molar-refractivity contribution is 6.43. The molecule has 0 saturated heterocycles. The van der Waals surface area contributed by atoms with Crippen LogP contribution in [0.4, 0.5) is 0 Å². The molecule has 0 aliphatic rings. The largest absolute Gasteiger partial charge is 0.460 e. The summed E-state index contributed by atoms with van der Waals surface area (Å²) in [7, 11) is 0. The number of amides is 1. The Hall–Kier alpha value is -4.19. The lowest BCUT2D eigenvalue weighted by Crippen LogP contribution is -2.34. The maximum Gasteiger partial charge on any atom is 0.338 e. The Balaban J connectivity index is 1.46. The van der Waals surface area contributed by atoms with Gasteiger partial charge in [-0.15, -0.1) is 0 Å². The molecule has 1 N–H and O–H groups in total. The maximum atomic E-state index is 13.0. The Morgan fingerprint density at radius 3 is 2.26 bits per heavy atom. The van der Waals surface area contributed by atoms with Crippen LogP contribution >= 0.6 is 0 Å². The van der Waals surface area contributed by atoms with E-state index < -0.39 is 17.7 Å². The van der Waals surface area contributed by atoms with E-state index >= 15 is 0 Å². The summed E-state index contributed by atoms with van der Waals surface area (Å²) in [4.78, 5) is 37.5. The quantitative estimate of drug-likeness (QED) is 0.217. The molecule has 0 saturated carbocycles. The summed E-state index contributed by atoms with van der Waals surface area (Å²) in [5.74, 6) is -1.89. The number of carbonyl (C=O) groups excluding carboxylic acids is 3. The first-order chi connectivity index (χ1) is 15.1. The SMILES string of the molecule is O=C(NCCOC(=O)c1ccccc1)C(=O)c1c(-c2ccccc2)cc2ccccn12. The minimum absolute atomic E-state index is 0.0345. The molecule has 0 unspecified atom stereocenters. The highest BCUT2D eigenvalue weighted by Crippen LogP contribution is 2.28. The number of esters is 1. The zero-order valence-electron chi connectivity index (χ0n) is 16.7. The molecule has 6 nitrogen and oxygen atoms in total. The van der Waals surface area contributed by atoms with Crippen LogP contribution in [-0.2, 0) is 9.53 Å². The first kappa shape index (κ1) is 20.1. The van der Waals surface area contributed by atoms with E-state index in [-0.39, 0.29) is 13.2 Å². The number of rotatable bonds is 7. The third-order valence-electron chi connectivity index (χ3n) is 4.82. The number of hydrogen-bond acceptors (Lipinski definition) is 4. The van der Waals surface area contributed by atoms with Crippen molar-refractivity contribution in [2.24, 2.45) is 0 Å². The van der Waals surface area contributed by atoms with E-state index in [1.54, 1.807) is 47.0 Å². The number of nitrogens with zero attached hydrogens (tertiary/aromatic N) is 1. The zero-order valence-corrected chi connectivity index (χ0v) is 16.7. The van der Waals surface area contributed by atoms with Crippen LogP contribution in [0.5, 0.6) is 0 Å². The fourth-order valence-corrected chi connectivity index (χ4v) is 3.35. The minimum atomic E-state index is -0.753. The lowest BCUT2D eigenvalue weighted by molar-refractivity contribution is -0.117. The van der Waals surface area contributed by atoms with Gasteiger partial charge in [-0.25, -0.2) is 4.79 Å². The van der Waals surface area contributed by atoms with Crippen LogP contribution in [0.2, 0.25) is 0 Å². The first-order valence-electron chi connectivity index (χ1n) is 9.85. The van der Waals surface area contributed by atoms with Gasteiger partial charge in [0.1, 0.15) is 12.3 Å². The summed E-state index contributed by atoms with van der Waals surface area (Å²) in [5, 5.41) is 2.54. The molecule has 2 aromatic carbocycles. The Labute approximate surface area is 179 Å². The van der Waals surface area contributed by atoms with Gasteiger partial charge in [-0.1, -0.05) is 54.6 Å². The number of ether oxygens (including phenoxy) is 1. The number of ketones is 1. The lowest BCUT2D eigenvalue weighted by Gasteiger charge is -2.08. The second kappa shape index (κ2) is 9.09. The minimum Gasteiger partial charge on any atom is -0.460 e. The number of benzene rings is 2. The second-order valence-electron chi connectivity index (χ2n) is 6.86. The van der Waals surface area contributed by atoms with Gasteiger partial charge < -0.3 is 14.5 Å². The van der Waals surface area contributed by atoms with Crippen LogP contribution in [0.25, 0.3) is 16.6 Å². The molecule has 4 aromatic rings. The van der Waals surface area contributed by atoms with Crippen molar-refractivity contribution in [3.05, 3.63) is 102 Å². The smallest absolute Gasteiger partial charge is 0.338 e. The molecule has 0 spiro atoms. The molecule has 0 atom stereocenters. The first-order valence-corrected chi connectivity index (χ1v) is 9.85. The fraction of sp³-hybridized carbons (Fsp3) is 0.0800. The monoisotopic (exact) mass is 412 g/mol. The average molecular weight is 412 g/mol. The molecule has 6 heteroatoms. The van der Waals surface area contributed by atoms with Gasteiger partial charge >= 0.3 is 5.97 Å². The number of Topliss-reactive ketones (excluding diaryl/α,β-unsaturated/α-hetero) is 1. The fourth-order valence-electron chi connectivity index (χ4n) is 3.35. The Morgan fingerprint density at radius 2 is 1.52 bits per heavy atom. The third kappa shape index (κ3) is 4.38. The average Bonchev–Trinajstić information content (AvgIpc) is 3.21. The van der Waals surface area contributed by atoms with Crippen LogP contribution in [0.1, 0.15) is 20.8 Å². The van der Waals surface area contributed by atoms with Crippen molar-refractivity contribution in [2.75, 3.05) is 13.2 Å². The Kier molecular flexibility index (Phi) is 5.89. The van der Waals surface area contributed by atoms with Crippen molar-refractivity contribution < 1.29 is 19.1 Å².